The minimum Gasteiger partial charge on any atom is -0.508 e. The fourth-order valence-corrected chi connectivity index (χ4v) is 1.70. The van der Waals surface area contributed by atoms with Crippen molar-refractivity contribution in [2.24, 2.45) is 0 Å². The lowest BCUT2D eigenvalue weighted by atomic mass is 10.1. The first kappa shape index (κ1) is 12.5. The van der Waals surface area contributed by atoms with E-state index in [-0.39, 0.29) is 17.6 Å². The molecule has 3 nitrogen and oxygen atoms in total. The Bertz CT molecular complexity index is 516. The predicted octanol–water partition coefficient (Wildman–Crippen LogP) is 2.78. The number of phenolic OH excluding ortho intramolecular Hbond substituents is 1. The van der Waals surface area contributed by atoms with E-state index in [0.29, 0.717) is 12.1 Å². The van der Waals surface area contributed by atoms with Crippen LogP contribution < -0.4 is 5.32 Å². The van der Waals surface area contributed by atoms with Crippen molar-refractivity contribution in [1.82, 2.24) is 10.3 Å². The van der Waals surface area contributed by atoms with E-state index in [4.69, 9.17) is 0 Å². The van der Waals surface area contributed by atoms with Crippen LogP contribution in [-0.4, -0.2) is 10.1 Å². The van der Waals surface area contributed by atoms with Crippen molar-refractivity contribution in [3.05, 3.63) is 59.7 Å². The Balaban J connectivity index is 2.01. The van der Waals surface area contributed by atoms with Crippen molar-refractivity contribution in [3.8, 4) is 5.75 Å². The van der Waals surface area contributed by atoms with Crippen LogP contribution >= 0.6 is 0 Å². The molecule has 1 aromatic heterocycles. The summed E-state index contributed by atoms with van der Waals surface area (Å²) in [6, 6.07) is 9.65. The van der Waals surface area contributed by atoms with Crippen molar-refractivity contribution in [3.63, 3.8) is 0 Å². The highest BCUT2D eigenvalue weighted by atomic mass is 19.1. The molecule has 4 heteroatoms. The third-order valence-electron chi connectivity index (χ3n) is 2.77. The summed E-state index contributed by atoms with van der Waals surface area (Å²) in [6.45, 7) is 2.36. The van der Waals surface area contributed by atoms with Gasteiger partial charge in [-0.1, -0.05) is 6.07 Å². The molecule has 0 radical (unpaired) electrons. The number of phenols is 1. The van der Waals surface area contributed by atoms with Gasteiger partial charge in [-0.05, 0) is 37.3 Å². The zero-order valence-electron chi connectivity index (χ0n) is 10.1. The van der Waals surface area contributed by atoms with Crippen LogP contribution in [0.15, 0.2) is 42.6 Å². The van der Waals surface area contributed by atoms with Crippen LogP contribution in [0.2, 0.25) is 0 Å². The number of nitrogens with zero attached hydrogens (tertiary/aromatic N) is 1. The number of rotatable bonds is 4. The van der Waals surface area contributed by atoms with Crippen LogP contribution in [-0.2, 0) is 6.54 Å². The molecule has 1 heterocycles. The minimum absolute atomic E-state index is 0.0360. The number of pyridine rings is 1. The first-order valence-electron chi connectivity index (χ1n) is 5.78. The number of aromatic hydroxyl groups is 1. The number of benzene rings is 1. The van der Waals surface area contributed by atoms with Crippen LogP contribution in [0, 0.1) is 5.82 Å². The molecular formula is C14H15FN2O. The zero-order valence-corrected chi connectivity index (χ0v) is 10.1. The Hall–Kier alpha value is -1.94. The zero-order chi connectivity index (χ0) is 13.0. The van der Waals surface area contributed by atoms with E-state index in [9.17, 15) is 9.50 Å². The van der Waals surface area contributed by atoms with Gasteiger partial charge in [0.25, 0.3) is 0 Å². The average Bonchev–Trinajstić information content (AvgIpc) is 2.40. The maximum atomic E-state index is 13.0. The van der Waals surface area contributed by atoms with Crippen molar-refractivity contribution in [2.45, 2.75) is 19.5 Å². The summed E-state index contributed by atoms with van der Waals surface area (Å²) in [7, 11) is 0. The summed E-state index contributed by atoms with van der Waals surface area (Å²) in [5.41, 5.74) is 1.45. The normalized spacial score (nSPS) is 12.3. The molecule has 1 atom stereocenters. The fourth-order valence-electron chi connectivity index (χ4n) is 1.70. The maximum absolute atomic E-state index is 13.0. The Morgan fingerprint density at radius 1 is 1.33 bits per heavy atom. The van der Waals surface area contributed by atoms with E-state index in [0.717, 1.165) is 5.69 Å². The highest BCUT2D eigenvalue weighted by molar-refractivity contribution is 5.32. The molecule has 1 aromatic carbocycles. The highest BCUT2D eigenvalue weighted by Gasteiger charge is 2.08. The third kappa shape index (κ3) is 3.05. The number of hydrogen-bond acceptors (Lipinski definition) is 3. The van der Waals surface area contributed by atoms with E-state index in [2.05, 4.69) is 10.3 Å². The van der Waals surface area contributed by atoms with Gasteiger partial charge in [0.15, 0.2) is 0 Å². The molecule has 0 fully saturated rings. The summed E-state index contributed by atoms with van der Waals surface area (Å²) in [5, 5.41) is 12.8. The summed E-state index contributed by atoms with van der Waals surface area (Å²) in [4.78, 5) is 4.23. The molecule has 0 unspecified atom stereocenters. The second-order valence-electron chi connectivity index (χ2n) is 4.13. The van der Waals surface area contributed by atoms with Crippen LogP contribution in [0.25, 0.3) is 0 Å². The van der Waals surface area contributed by atoms with Gasteiger partial charge >= 0.3 is 0 Å². The molecule has 0 aliphatic carbocycles. The number of aromatic nitrogens is 1. The quantitative estimate of drug-likeness (QED) is 0.872. The molecule has 2 N–H and O–H groups in total. The van der Waals surface area contributed by atoms with Gasteiger partial charge in [-0.3, -0.25) is 4.98 Å². The van der Waals surface area contributed by atoms with Gasteiger partial charge in [0.05, 0.1) is 5.69 Å². The monoisotopic (exact) mass is 246 g/mol. The van der Waals surface area contributed by atoms with Gasteiger partial charge in [0.1, 0.15) is 11.6 Å². The number of hydrogen-bond donors (Lipinski definition) is 2. The first-order chi connectivity index (χ1) is 8.66. The minimum atomic E-state index is -0.352. The van der Waals surface area contributed by atoms with Crippen molar-refractivity contribution < 1.29 is 9.50 Å². The van der Waals surface area contributed by atoms with Gasteiger partial charge in [-0.25, -0.2) is 4.39 Å². The van der Waals surface area contributed by atoms with Crippen molar-refractivity contribution >= 4 is 0 Å². The third-order valence-corrected chi connectivity index (χ3v) is 2.77. The molecule has 0 amide bonds. The Morgan fingerprint density at radius 3 is 2.89 bits per heavy atom. The molecule has 2 aromatic rings. The van der Waals surface area contributed by atoms with Gasteiger partial charge < -0.3 is 10.4 Å². The first-order valence-corrected chi connectivity index (χ1v) is 5.78. The van der Waals surface area contributed by atoms with E-state index in [1.54, 1.807) is 6.20 Å². The smallest absolute Gasteiger partial charge is 0.123 e. The maximum Gasteiger partial charge on any atom is 0.123 e. The Labute approximate surface area is 105 Å². The second-order valence-corrected chi connectivity index (χ2v) is 4.13. The van der Waals surface area contributed by atoms with Crippen molar-refractivity contribution in [1.29, 1.82) is 0 Å². The van der Waals surface area contributed by atoms with Gasteiger partial charge in [0.2, 0.25) is 0 Å². The topological polar surface area (TPSA) is 45.1 Å². The molecule has 18 heavy (non-hydrogen) atoms. The van der Waals surface area contributed by atoms with Gasteiger partial charge in [-0.2, -0.15) is 0 Å². The van der Waals surface area contributed by atoms with Crippen LogP contribution in [0.1, 0.15) is 24.2 Å². The summed E-state index contributed by atoms with van der Waals surface area (Å²) in [5.74, 6) is -0.257. The number of nitrogens with one attached hydrogen (secondary N) is 1. The lowest BCUT2D eigenvalue weighted by molar-refractivity contribution is 0.456. The van der Waals surface area contributed by atoms with Crippen LogP contribution in [0.3, 0.4) is 0 Å². The van der Waals surface area contributed by atoms with E-state index < -0.39 is 0 Å². The predicted molar refractivity (Wildman–Crippen MR) is 67.6 cm³/mol. The van der Waals surface area contributed by atoms with E-state index in [1.165, 1.54) is 18.2 Å². The fraction of sp³-hybridized carbons (Fsp3) is 0.214. The summed E-state index contributed by atoms with van der Waals surface area (Å²) < 4.78 is 13.0. The average molecular weight is 246 g/mol. The Morgan fingerprint density at radius 2 is 2.17 bits per heavy atom. The molecule has 2 rings (SSSR count). The molecule has 0 aliphatic heterocycles. The lowest BCUT2D eigenvalue weighted by Gasteiger charge is -2.13. The van der Waals surface area contributed by atoms with Gasteiger partial charge in [0, 0.05) is 24.3 Å². The van der Waals surface area contributed by atoms with E-state index in [1.807, 2.05) is 25.1 Å². The second kappa shape index (κ2) is 5.60. The largest absolute Gasteiger partial charge is 0.508 e. The molecule has 0 saturated heterocycles. The molecule has 0 bridgehead atoms. The molecule has 94 valence electrons. The Kier molecular flexibility index (Phi) is 3.89. The molecule has 0 saturated carbocycles. The van der Waals surface area contributed by atoms with Gasteiger partial charge in [-0.15, -0.1) is 0 Å². The molecule has 0 aliphatic rings. The summed E-state index contributed by atoms with van der Waals surface area (Å²) in [6.07, 6.45) is 1.73. The summed E-state index contributed by atoms with van der Waals surface area (Å²) >= 11 is 0. The van der Waals surface area contributed by atoms with Crippen LogP contribution in [0.4, 0.5) is 4.39 Å². The van der Waals surface area contributed by atoms with Crippen LogP contribution in [0.5, 0.6) is 5.75 Å². The molecular weight excluding hydrogens is 231 g/mol. The lowest BCUT2D eigenvalue weighted by Crippen LogP contribution is -2.19. The standard InChI is InChI=1S/C14H15FN2O/c1-10(13-4-2-3-7-16-13)17-9-11-8-12(15)5-6-14(11)18/h2-8,10,17-18H,9H2,1H3/t10-/m0/s1. The number of halogens is 1. The molecule has 0 spiro atoms. The highest BCUT2D eigenvalue weighted by Crippen LogP contribution is 2.18. The van der Waals surface area contributed by atoms with E-state index >= 15 is 0 Å². The van der Waals surface area contributed by atoms with Crippen molar-refractivity contribution in [2.75, 3.05) is 0 Å². The SMILES string of the molecule is C[C@H](NCc1cc(F)ccc1O)c1ccccn1.